The SMILES string of the molecule is Cc1c(CC(=O)NCc2ccccc2)c(=O)n2nc(-c3ccccc3)nc2n1Cc1ccccc1. The third-order valence-electron chi connectivity index (χ3n) is 6.01. The van der Waals surface area contributed by atoms with Crippen LogP contribution in [0.15, 0.2) is 95.8 Å². The minimum Gasteiger partial charge on any atom is -0.352 e. The summed E-state index contributed by atoms with van der Waals surface area (Å²) in [5.41, 5.74) is 3.66. The number of nitrogens with zero attached hydrogens (tertiary/aromatic N) is 4. The van der Waals surface area contributed by atoms with Crippen LogP contribution in [0.4, 0.5) is 0 Å². The van der Waals surface area contributed by atoms with Crippen molar-refractivity contribution in [3.05, 3.63) is 124 Å². The molecule has 35 heavy (non-hydrogen) atoms. The lowest BCUT2D eigenvalue weighted by Crippen LogP contribution is -2.32. The minimum absolute atomic E-state index is 0.0389. The fraction of sp³-hybridized carbons (Fsp3) is 0.143. The molecule has 5 rings (SSSR count). The summed E-state index contributed by atoms with van der Waals surface area (Å²) in [4.78, 5) is 31.0. The lowest BCUT2D eigenvalue weighted by atomic mass is 10.1. The van der Waals surface area contributed by atoms with Crippen molar-refractivity contribution in [2.45, 2.75) is 26.4 Å². The van der Waals surface area contributed by atoms with Gasteiger partial charge in [0.05, 0.1) is 13.0 Å². The molecule has 7 nitrogen and oxygen atoms in total. The molecular weight excluding hydrogens is 438 g/mol. The molecule has 0 fully saturated rings. The Morgan fingerprint density at radius 1 is 0.857 bits per heavy atom. The summed E-state index contributed by atoms with van der Waals surface area (Å²) in [5, 5.41) is 7.45. The molecule has 0 aliphatic heterocycles. The maximum absolute atomic E-state index is 13.5. The van der Waals surface area contributed by atoms with E-state index in [-0.39, 0.29) is 17.9 Å². The lowest BCUT2D eigenvalue weighted by Gasteiger charge is -2.15. The van der Waals surface area contributed by atoms with E-state index in [0.717, 1.165) is 16.7 Å². The van der Waals surface area contributed by atoms with E-state index in [1.807, 2.05) is 102 Å². The van der Waals surface area contributed by atoms with Gasteiger partial charge in [0.25, 0.3) is 5.56 Å². The van der Waals surface area contributed by atoms with Gasteiger partial charge < -0.3 is 9.88 Å². The van der Waals surface area contributed by atoms with Gasteiger partial charge in [0.1, 0.15) is 0 Å². The van der Waals surface area contributed by atoms with Gasteiger partial charge in [0, 0.05) is 23.4 Å². The van der Waals surface area contributed by atoms with E-state index in [1.165, 1.54) is 4.52 Å². The molecule has 1 amide bonds. The van der Waals surface area contributed by atoms with Gasteiger partial charge in [-0.3, -0.25) is 9.59 Å². The van der Waals surface area contributed by atoms with Crippen molar-refractivity contribution in [3.8, 4) is 11.4 Å². The first kappa shape index (κ1) is 22.3. The van der Waals surface area contributed by atoms with E-state index < -0.39 is 0 Å². The molecule has 3 aromatic carbocycles. The van der Waals surface area contributed by atoms with Crippen molar-refractivity contribution >= 4 is 11.7 Å². The highest BCUT2D eigenvalue weighted by molar-refractivity contribution is 5.78. The van der Waals surface area contributed by atoms with E-state index in [4.69, 9.17) is 4.98 Å². The summed E-state index contributed by atoms with van der Waals surface area (Å²) < 4.78 is 3.27. The number of carbonyl (C=O) groups excluding carboxylic acids is 1. The number of hydrogen-bond acceptors (Lipinski definition) is 4. The molecule has 0 radical (unpaired) electrons. The Bertz CT molecular complexity index is 1520. The second-order valence-corrected chi connectivity index (χ2v) is 8.39. The summed E-state index contributed by atoms with van der Waals surface area (Å²) in [5.74, 6) is 0.696. The number of nitrogens with one attached hydrogen (secondary N) is 1. The van der Waals surface area contributed by atoms with Crippen molar-refractivity contribution in [2.75, 3.05) is 0 Å². The summed E-state index contributed by atoms with van der Waals surface area (Å²) in [6.07, 6.45) is -0.0389. The molecule has 0 unspecified atom stereocenters. The quantitative estimate of drug-likeness (QED) is 0.398. The smallest absolute Gasteiger partial charge is 0.279 e. The van der Waals surface area contributed by atoms with Crippen molar-refractivity contribution in [2.24, 2.45) is 0 Å². The molecule has 0 aliphatic rings. The summed E-state index contributed by atoms with van der Waals surface area (Å²) in [6, 6.07) is 29.2. The highest BCUT2D eigenvalue weighted by Gasteiger charge is 2.20. The molecule has 174 valence electrons. The second kappa shape index (κ2) is 9.77. The first-order valence-electron chi connectivity index (χ1n) is 11.5. The predicted molar refractivity (Wildman–Crippen MR) is 135 cm³/mol. The Hall–Kier alpha value is -4.52. The maximum atomic E-state index is 13.5. The lowest BCUT2D eigenvalue weighted by molar-refractivity contribution is -0.120. The largest absolute Gasteiger partial charge is 0.352 e. The third kappa shape index (κ3) is 4.75. The van der Waals surface area contributed by atoms with Crippen LogP contribution in [0.25, 0.3) is 17.2 Å². The Labute approximate surface area is 202 Å². The Morgan fingerprint density at radius 3 is 2.11 bits per heavy atom. The van der Waals surface area contributed by atoms with Crippen LogP contribution in [0.2, 0.25) is 0 Å². The Kier molecular flexibility index (Phi) is 6.22. The van der Waals surface area contributed by atoms with Crippen LogP contribution >= 0.6 is 0 Å². The van der Waals surface area contributed by atoms with E-state index in [2.05, 4.69) is 10.4 Å². The zero-order valence-electron chi connectivity index (χ0n) is 19.4. The fourth-order valence-electron chi connectivity index (χ4n) is 4.10. The zero-order valence-corrected chi connectivity index (χ0v) is 19.4. The summed E-state index contributed by atoms with van der Waals surface area (Å²) >= 11 is 0. The molecule has 0 saturated carbocycles. The van der Waals surface area contributed by atoms with Crippen molar-refractivity contribution in [1.82, 2.24) is 24.5 Å². The Balaban J connectivity index is 1.55. The van der Waals surface area contributed by atoms with Gasteiger partial charge in [0.15, 0.2) is 5.82 Å². The van der Waals surface area contributed by atoms with Gasteiger partial charge in [-0.1, -0.05) is 91.0 Å². The summed E-state index contributed by atoms with van der Waals surface area (Å²) in [7, 11) is 0. The maximum Gasteiger partial charge on any atom is 0.279 e. The number of benzene rings is 3. The second-order valence-electron chi connectivity index (χ2n) is 8.39. The highest BCUT2D eigenvalue weighted by Crippen LogP contribution is 2.18. The van der Waals surface area contributed by atoms with Crippen LogP contribution in [0.3, 0.4) is 0 Å². The van der Waals surface area contributed by atoms with Crippen LogP contribution in [0.1, 0.15) is 22.4 Å². The van der Waals surface area contributed by atoms with Crippen molar-refractivity contribution in [3.63, 3.8) is 0 Å². The first-order valence-corrected chi connectivity index (χ1v) is 11.5. The van der Waals surface area contributed by atoms with Gasteiger partial charge in [-0.2, -0.15) is 9.50 Å². The molecule has 0 spiro atoms. The van der Waals surface area contributed by atoms with E-state index in [1.54, 1.807) is 0 Å². The highest BCUT2D eigenvalue weighted by atomic mass is 16.2. The number of rotatable bonds is 7. The molecule has 2 heterocycles. The average molecular weight is 464 g/mol. The molecule has 1 N–H and O–H groups in total. The number of amides is 1. The van der Waals surface area contributed by atoms with Crippen LogP contribution < -0.4 is 10.9 Å². The fourth-order valence-corrected chi connectivity index (χ4v) is 4.10. The van der Waals surface area contributed by atoms with Gasteiger partial charge in [-0.25, -0.2) is 0 Å². The number of aromatic nitrogens is 4. The van der Waals surface area contributed by atoms with Gasteiger partial charge in [0.2, 0.25) is 11.7 Å². The van der Waals surface area contributed by atoms with E-state index >= 15 is 0 Å². The molecule has 7 heteroatoms. The molecule has 0 saturated heterocycles. The van der Waals surface area contributed by atoms with Gasteiger partial charge in [-0.15, -0.1) is 5.10 Å². The third-order valence-corrected chi connectivity index (χ3v) is 6.01. The van der Waals surface area contributed by atoms with Crippen LogP contribution in [-0.2, 0) is 24.3 Å². The monoisotopic (exact) mass is 463 g/mol. The van der Waals surface area contributed by atoms with E-state index in [9.17, 15) is 9.59 Å². The van der Waals surface area contributed by atoms with Crippen molar-refractivity contribution < 1.29 is 4.79 Å². The predicted octanol–water partition coefficient (Wildman–Crippen LogP) is 3.77. The van der Waals surface area contributed by atoms with Crippen LogP contribution in [0.5, 0.6) is 0 Å². The number of fused-ring (bicyclic) bond motifs is 1. The van der Waals surface area contributed by atoms with Crippen molar-refractivity contribution in [1.29, 1.82) is 0 Å². The first-order chi connectivity index (χ1) is 17.1. The number of carbonyl (C=O) groups is 1. The molecular formula is C28H25N5O2. The molecule has 0 aliphatic carbocycles. The topological polar surface area (TPSA) is 81.3 Å². The Morgan fingerprint density at radius 2 is 1.46 bits per heavy atom. The average Bonchev–Trinajstić information content (AvgIpc) is 3.35. The zero-order chi connectivity index (χ0) is 24.2. The number of hydrogen-bond donors (Lipinski definition) is 1. The summed E-state index contributed by atoms with van der Waals surface area (Å²) in [6.45, 7) is 2.77. The minimum atomic E-state index is -0.327. The van der Waals surface area contributed by atoms with Crippen LogP contribution in [-0.4, -0.2) is 25.1 Å². The van der Waals surface area contributed by atoms with E-state index in [0.29, 0.717) is 35.9 Å². The van der Waals surface area contributed by atoms with Gasteiger partial charge in [-0.05, 0) is 18.1 Å². The van der Waals surface area contributed by atoms with Crippen LogP contribution in [0, 0.1) is 6.92 Å². The van der Waals surface area contributed by atoms with Gasteiger partial charge >= 0.3 is 0 Å². The molecule has 0 bridgehead atoms. The standard InChI is InChI=1S/C28H25N5O2/c1-20-24(17-25(34)29-18-21-11-5-2-6-12-21)27(35)33-28(32(20)19-22-13-7-3-8-14-22)30-26(31-33)23-15-9-4-10-16-23/h2-16H,17-19H2,1H3,(H,29,34). The molecule has 0 atom stereocenters. The normalized spacial score (nSPS) is 11.0. The molecule has 2 aromatic heterocycles. The molecule has 5 aromatic rings.